The molecule has 6 aromatic heterocycles. The molecule has 8 rings (SSSR count). The highest BCUT2D eigenvalue weighted by molar-refractivity contribution is 7.90. The van der Waals surface area contributed by atoms with Crippen molar-refractivity contribution in [2.75, 3.05) is 11.9 Å². The Balaban J connectivity index is 0.000000157. The number of anilines is 2. The minimum Gasteiger partial charge on any atom is -0.396 e. The van der Waals surface area contributed by atoms with Gasteiger partial charge >= 0.3 is 0 Å². The van der Waals surface area contributed by atoms with Gasteiger partial charge in [-0.25, -0.2) is 42.3 Å². The fourth-order valence-corrected chi connectivity index (χ4v) is 6.85. The summed E-state index contributed by atoms with van der Waals surface area (Å²) in [4.78, 5) is 28.9. The molecule has 0 bridgehead atoms. The first-order valence-electron chi connectivity index (χ1n) is 15.4. The van der Waals surface area contributed by atoms with E-state index in [-0.39, 0.29) is 16.8 Å². The normalized spacial score (nSPS) is 11.3. The minimum absolute atomic E-state index is 0.0909. The van der Waals surface area contributed by atoms with Crippen molar-refractivity contribution in [3.8, 4) is 22.5 Å². The molecule has 0 amide bonds. The van der Waals surface area contributed by atoms with Gasteiger partial charge < -0.3 is 15.4 Å². The molecule has 12 nitrogen and oxygen atoms in total. The van der Waals surface area contributed by atoms with Crippen molar-refractivity contribution in [3.63, 3.8) is 0 Å². The molecule has 0 saturated carbocycles. The molecule has 0 aliphatic heterocycles. The van der Waals surface area contributed by atoms with Crippen molar-refractivity contribution in [2.24, 2.45) is 0 Å². The number of hydrogen-bond acceptors (Lipinski definition) is 10. The first-order chi connectivity index (χ1) is 24.4. The average Bonchev–Trinajstić information content (AvgIpc) is 3.77. The van der Waals surface area contributed by atoms with Gasteiger partial charge in [-0.05, 0) is 84.2 Å². The second kappa shape index (κ2) is 14.2. The third-order valence-electron chi connectivity index (χ3n) is 7.73. The first kappa shape index (κ1) is 32.5. The summed E-state index contributed by atoms with van der Waals surface area (Å²) in [5.41, 5.74) is 6.13. The Morgan fingerprint density at radius 3 is 2.22 bits per heavy atom. The van der Waals surface area contributed by atoms with E-state index in [4.69, 9.17) is 16.7 Å². The van der Waals surface area contributed by atoms with E-state index in [9.17, 15) is 8.42 Å². The second-order valence-corrected chi connectivity index (χ2v) is 13.1. The van der Waals surface area contributed by atoms with Crippen LogP contribution in [0.2, 0.25) is 5.28 Å². The Morgan fingerprint density at radius 2 is 1.46 bits per heavy atom. The summed E-state index contributed by atoms with van der Waals surface area (Å²) < 4.78 is 27.2. The van der Waals surface area contributed by atoms with Gasteiger partial charge in [-0.3, -0.25) is 0 Å². The molecule has 0 atom stereocenters. The number of aromatic nitrogens is 8. The van der Waals surface area contributed by atoms with Crippen molar-refractivity contribution in [1.82, 2.24) is 38.9 Å². The van der Waals surface area contributed by atoms with Crippen molar-refractivity contribution in [2.45, 2.75) is 11.3 Å². The van der Waals surface area contributed by atoms with Gasteiger partial charge in [-0.1, -0.05) is 30.3 Å². The molecule has 50 heavy (non-hydrogen) atoms. The molecule has 2 aromatic carbocycles. The lowest BCUT2D eigenvalue weighted by molar-refractivity contribution is 0.299. The van der Waals surface area contributed by atoms with Gasteiger partial charge in [0, 0.05) is 71.4 Å². The van der Waals surface area contributed by atoms with Gasteiger partial charge in [0.25, 0.3) is 10.0 Å². The Hall–Kier alpha value is -6.02. The van der Waals surface area contributed by atoms with Gasteiger partial charge in [-0.15, -0.1) is 0 Å². The number of halogens is 1. The summed E-state index contributed by atoms with van der Waals surface area (Å²) in [5.74, 6) is 0.533. The van der Waals surface area contributed by atoms with Crippen molar-refractivity contribution in [3.05, 3.63) is 139 Å². The van der Waals surface area contributed by atoms with Crippen LogP contribution in [-0.2, 0) is 16.4 Å². The number of fused-ring (bicyclic) bond motifs is 2. The van der Waals surface area contributed by atoms with Crippen molar-refractivity contribution >= 4 is 55.3 Å². The maximum atomic E-state index is 13.0. The van der Waals surface area contributed by atoms with Gasteiger partial charge in [0.15, 0.2) is 5.65 Å². The zero-order valence-corrected chi connectivity index (χ0v) is 27.8. The molecule has 0 aliphatic rings. The standard InChI is InChI=1S/C19H17N5O.C17H11ClN4O2S/c25-11-8-13-3-5-14(6-4-13)23-19-21-10-7-17(24-19)16-12-22-18-15(16)2-1-9-20-18;18-17-20-10-8-15(21-17)14-11-22(16-13(14)7-4-9-19-16)25(23,24)12-5-2-1-3-6-12/h1-7,9-10,12,25H,8,11H2,(H,20,22)(H,21,23,24);1-11H. The van der Waals surface area contributed by atoms with E-state index in [1.165, 1.54) is 16.4 Å². The molecule has 248 valence electrons. The Bertz CT molecular complexity index is 2520. The molecule has 8 aromatic rings. The fraction of sp³-hybridized carbons (Fsp3) is 0.0556. The van der Waals surface area contributed by atoms with Crippen LogP contribution < -0.4 is 5.32 Å². The largest absolute Gasteiger partial charge is 0.396 e. The second-order valence-electron chi connectivity index (χ2n) is 10.9. The average molecular weight is 702 g/mol. The lowest BCUT2D eigenvalue weighted by atomic mass is 10.1. The number of H-pyrrole nitrogens is 1. The molecule has 14 heteroatoms. The van der Waals surface area contributed by atoms with Crippen molar-refractivity contribution < 1.29 is 13.5 Å². The first-order valence-corrected chi connectivity index (χ1v) is 17.2. The van der Waals surface area contributed by atoms with E-state index >= 15 is 0 Å². The van der Waals surface area contributed by atoms with Crippen LogP contribution in [0.3, 0.4) is 0 Å². The van der Waals surface area contributed by atoms with Crippen LogP contribution in [0.5, 0.6) is 0 Å². The number of aliphatic hydroxyl groups is 1. The van der Waals surface area contributed by atoms with Crippen LogP contribution in [0.4, 0.5) is 11.6 Å². The molecule has 0 saturated heterocycles. The number of rotatable bonds is 8. The third-order valence-corrected chi connectivity index (χ3v) is 9.57. The fourth-order valence-electron chi connectivity index (χ4n) is 5.36. The molecule has 6 heterocycles. The molecule has 0 radical (unpaired) electrons. The predicted molar refractivity (Wildman–Crippen MR) is 192 cm³/mol. The summed E-state index contributed by atoms with van der Waals surface area (Å²) in [6, 6.07) is 27.1. The monoisotopic (exact) mass is 701 g/mol. The number of benzene rings is 2. The van der Waals surface area contributed by atoms with Gasteiger partial charge in [0.2, 0.25) is 11.2 Å². The molecule has 0 aliphatic carbocycles. The number of nitrogens with one attached hydrogen (secondary N) is 2. The molecule has 0 fully saturated rings. The van der Waals surface area contributed by atoms with E-state index < -0.39 is 10.0 Å². The topological polar surface area (TPSA) is 164 Å². The predicted octanol–water partition coefficient (Wildman–Crippen LogP) is 6.68. The SMILES string of the molecule is O=S(=O)(c1ccccc1)n1cc(-c2ccnc(Cl)n2)c2cccnc21.OCCc1ccc(Nc2nccc(-c3c[nH]c4ncccc34)n2)cc1. The van der Waals surface area contributed by atoms with E-state index in [0.29, 0.717) is 34.7 Å². The maximum Gasteiger partial charge on any atom is 0.269 e. The summed E-state index contributed by atoms with van der Waals surface area (Å²) in [5, 5.41) is 14.0. The van der Waals surface area contributed by atoms with E-state index in [1.807, 2.05) is 48.7 Å². The zero-order valence-electron chi connectivity index (χ0n) is 26.2. The summed E-state index contributed by atoms with van der Waals surface area (Å²) >= 11 is 5.88. The van der Waals surface area contributed by atoms with E-state index in [0.717, 1.165) is 33.5 Å². The molecule has 0 unspecified atom stereocenters. The van der Waals surface area contributed by atoms with Gasteiger partial charge in [0.1, 0.15) is 5.65 Å². The highest BCUT2D eigenvalue weighted by Gasteiger charge is 2.23. The van der Waals surface area contributed by atoms with Crippen LogP contribution in [0.1, 0.15) is 5.56 Å². The summed E-state index contributed by atoms with van der Waals surface area (Å²) in [6.45, 7) is 0.150. The minimum atomic E-state index is -3.79. The number of nitrogens with zero attached hydrogens (tertiary/aromatic N) is 7. The number of aliphatic hydroxyl groups excluding tert-OH is 1. The number of aromatic amines is 1. The van der Waals surface area contributed by atoms with Crippen LogP contribution >= 0.6 is 11.6 Å². The Labute approximate surface area is 291 Å². The lowest BCUT2D eigenvalue weighted by Gasteiger charge is -2.07. The highest BCUT2D eigenvalue weighted by atomic mass is 35.5. The summed E-state index contributed by atoms with van der Waals surface area (Å²) in [7, 11) is -3.79. The maximum absolute atomic E-state index is 13.0. The van der Waals surface area contributed by atoms with Gasteiger partial charge in [0.05, 0.1) is 16.3 Å². The number of pyridine rings is 2. The lowest BCUT2D eigenvalue weighted by Crippen LogP contribution is -2.12. The van der Waals surface area contributed by atoms with E-state index in [1.54, 1.807) is 67.1 Å². The Morgan fingerprint density at radius 1 is 0.740 bits per heavy atom. The molecule has 0 spiro atoms. The van der Waals surface area contributed by atoms with Crippen LogP contribution in [-0.4, -0.2) is 59.0 Å². The van der Waals surface area contributed by atoms with Crippen LogP contribution in [0.25, 0.3) is 44.6 Å². The zero-order chi connectivity index (χ0) is 34.5. The van der Waals surface area contributed by atoms with Crippen LogP contribution in [0.15, 0.2) is 133 Å². The smallest absolute Gasteiger partial charge is 0.269 e. The molecular formula is C36H28ClN9O3S. The number of hydrogen-bond donors (Lipinski definition) is 3. The van der Waals surface area contributed by atoms with Gasteiger partial charge in [-0.2, -0.15) is 0 Å². The third kappa shape index (κ3) is 6.78. The van der Waals surface area contributed by atoms with Crippen molar-refractivity contribution in [1.29, 1.82) is 0 Å². The van der Waals surface area contributed by atoms with Crippen LogP contribution in [0, 0.1) is 0 Å². The van der Waals surface area contributed by atoms with E-state index in [2.05, 4.69) is 40.2 Å². The molecular weight excluding hydrogens is 674 g/mol. The highest BCUT2D eigenvalue weighted by Crippen LogP contribution is 2.31. The molecule has 3 N–H and O–H groups in total. The summed E-state index contributed by atoms with van der Waals surface area (Å²) in [6.07, 6.45) is 10.6. The Kier molecular flexibility index (Phi) is 9.25. The quantitative estimate of drug-likeness (QED) is 0.146.